The third-order valence-electron chi connectivity index (χ3n) is 2.50. The molecule has 2 aromatic rings. The second kappa shape index (κ2) is 6.19. The third-order valence-corrected chi connectivity index (χ3v) is 3.73. The minimum Gasteiger partial charge on any atom is -0.333 e. The van der Waals surface area contributed by atoms with E-state index in [1.807, 2.05) is 18.6 Å². The summed E-state index contributed by atoms with van der Waals surface area (Å²) < 4.78 is 3.03. The van der Waals surface area contributed by atoms with Crippen molar-refractivity contribution >= 4 is 22.9 Å². The fourth-order valence-corrected chi connectivity index (χ4v) is 2.76. The van der Waals surface area contributed by atoms with E-state index in [1.165, 1.54) is 10.6 Å². The molecule has 0 aliphatic heterocycles. The van der Waals surface area contributed by atoms with E-state index in [-0.39, 0.29) is 0 Å². The average molecular weight is 270 g/mol. The molecule has 92 valence electrons. The largest absolute Gasteiger partial charge is 0.333 e. The predicted molar refractivity (Wildman–Crippen MR) is 72.4 cm³/mol. The van der Waals surface area contributed by atoms with Crippen LogP contribution in [-0.2, 0) is 19.6 Å². The lowest BCUT2D eigenvalue weighted by Crippen LogP contribution is -2.15. The first kappa shape index (κ1) is 12.6. The van der Waals surface area contributed by atoms with Gasteiger partial charge >= 0.3 is 0 Å². The summed E-state index contributed by atoms with van der Waals surface area (Å²) in [4.78, 5) is 5.44. The van der Waals surface area contributed by atoms with Crippen LogP contribution in [0.4, 0.5) is 0 Å². The molecule has 0 aromatic carbocycles. The Morgan fingerprint density at radius 3 is 3.00 bits per heavy atom. The van der Waals surface area contributed by atoms with E-state index in [0.717, 1.165) is 30.4 Å². The van der Waals surface area contributed by atoms with Gasteiger partial charge in [0.15, 0.2) is 0 Å². The summed E-state index contributed by atoms with van der Waals surface area (Å²) in [5, 5.41) is 3.41. The van der Waals surface area contributed by atoms with Crippen molar-refractivity contribution in [3.8, 4) is 0 Å². The smallest absolute Gasteiger partial charge is 0.0948 e. The van der Waals surface area contributed by atoms with Gasteiger partial charge in [0, 0.05) is 30.7 Å². The Morgan fingerprint density at radius 1 is 1.41 bits per heavy atom. The number of hydrogen-bond donors (Lipinski definition) is 1. The fourth-order valence-electron chi connectivity index (χ4n) is 1.70. The third kappa shape index (κ3) is 3.56. The number of aromatic nitrogens is 2. The molecule has 1 N–H and O–H groups in total. The fraction of sp³-hybridized carbons (Fsp3) is 0.417. The Morgan fingerprint density at radius 2 is 2.29 bits per heavy atom. The van der Waals surface area contributed by atoms with Crippen molar-refractivity contribution in [3.63, 3.8) is 0 Å². The first-order chi connectivity index (χ1) is 8.29. The summed E-state index contributed by atoms with van der Waals surface area (Å²) >= 11 is 7.50. The topological polar surface area (TPSA) is 29.9 Å². The van der Waals surface area contributed by atoms with Gasteiger partial charge in [-0.25, -0.2) is 4.98 Å². The highest BCUT2D eigenvalue weighted by molar-refractivity contribution is 7.16. The van der Waals surface area contributed by atoms with E-state index in [4.69, 9.17) is 11.6 Å². The van der Waals surface area contributed by atoms with Gasteiger partial charge in [-0.2, -0.15) is 0 Å². The van der Waals surface area contributed by atoms with E-state index < -0.39 is 0 Å². The molecule has 2 rings (SSSR count). The van der Waals surface area contributed by atoms with Crippen molar-refractivity contribution in [2.45, 2.75) is 33.0 Å². The maximum Gasteiger partial charge on any atom is 0.0948 e. The van der Waals surface area contributed by atoms with Crippen LogP contribution in [0.1, 0.15) is 23.9 Å². The predicted octanol–water partition coefficient (Wildman–Crippen LogP) is 3.30. The molecule has 0 radical (unpaired) electrons. The molecule has 2 aromatic heterocycles. The molecular weight excluding hydrogens is 254 g/mol. The summed E-state index contributed by atoms with van der Waals surface area (Å²) in [6.45, 7) is 4.90. The zero-order chi connectivity index (χ0) is 12.1. The van der Waals surface area contributed by atoms with E-state index in [0.29, 0.717) is 0 Å². The molecule has 5 heteroatoms. The maximum atomic E-state index is 5.88. The monoisotopic (exact) mass is 269 g/mol. The van der Waals surface area contributed by atoms with Crippen LogP contribution in [0.3, 0.4) is 0 Å². The van der Waals surface area contributed by atoms with Gasteiger partial charge in [0.25, 0.3) is 0 Å². The summed E-state index contributed by atoms with van der Waals surface area (Å²) in [5.74, 6) is 0. The summed E-state index contributed by atoms with van der Waals surface area (Å²) in [7, 11) is 0. The van der Waals surface area contributed by atoms with Crippen LogP contribution in [0.2, 0.25) is 4.34 Å². The molecule has 0 amide bonds. The van der Waals surface area contributed by atoms with E-state index in [1.54, 1.807) is 11.3 Å². The SMILES string of the molecule is CCCn1cncc1CNCc1ccc(Cl)s1. The number of nitrogens with zero attached hydrogens (tertiary/aromatic N) is 2. The minimum atomic E-state index is 0.843. The average Bonchev–Trinajstić information content (AvgIpc) is 2.90. The van der Waals surface area contributed by atoms with Crippen LogP contribution >= 0.6 is 22.9 Å². The normalized spacial score (nSPS) is 10.9. The molecule has 0 aliphatic carbocycles. The van der Waals surface area contributed by atoms with Crippen LogP contribution < -0.4 is 5.32 Å². The number of thiophene rings is 1. The van der Waals surface area contributed by atoms with Crippen molar-refractivity contribution in [1.29, 1.82) is 0 Å². The van der Waals surface area contributed by atoms with Gasteiger partial charge in [0.2, 0.25) is 0 Å². The highest BCUT2D eigenvalue weighted by Crippen LogP contribution is 2.21. The Kier molecular flexibility index (Phi) is 4.59. The molecule has 0 aliphatic rings. The first-order valence-corrected chi connectivity index (χ1v) is 6.93. The standard InChI is InChI=1S/C12H16ClN3S/c1-2-5-16-9-15-7-10(16)6-14-8-11-3-4-12(13)17-11/h3-4,7,9,14H,2,5-6,8H2,1H3. The van der Waals surface area contributed by atoms with Gasteiger partial charge < -0.3 is 9.88 Å². The minimum absolute atomic E-state index is 0.843. The molecule has 0 saturated carbocycles. The van der Waals surface area contributed by atoms with Crippen molar-refractivity contribution in [2.75, 3.05) is 0 Å². The van der Waals surface area contributed by atoms with Crippen molar-refractivity contribution in [1.82, 2.24) is 14.9 Å². The van der Waals surface area contributed by atoms with Crippen LogP contribution in [0.15, 0.2) is 24.7 Å². The number of hydrogen-bond acceptors (Lipinski definition) is 3. The quantitative estimate of drug-likeness (QED) is 0.872. The lowest BCUT2D eigenvalue weighted by atomic mass is 10.4. The second-order valence-electron chi connectivity index (χ2n) is 3.89. The molecule has 3 nitrogen and oxygen atoms in total. The van der Waals surface area contributed by atoms with Gasteiger partial charge in [0.05, 0.1) is 16.4 Å². The van der Waals surface area contributed by atoms with Crippen molar-refractivity contribution in [3.05, 3.63) is 39.6 Å². The molecule has 0 saturated heterocycles. The Labute approximate surface area is 110 Å². The van der Waals surface area contributed by atoms with Crippen LogP contribution in [0.25, 0.3) is 0 Å². The van der Waals surface area contributed by atoms with E-state index in [2.05, 4.69) is 27.9 Å². The molecule has 0 bridgehead atoms. The zero-order valence-corrected chi connectivity index (χ0v) is 11.4. The van der Waals surface area contributed by atoms with Gasteiger partial charge in [-0.1, -0.05) is 18.5 Å². The second-order valence-corrected chi connectivity index (χ2v) is 5.69. The number of aryl methyl sites for hydroxylation is 1. The van der Waals surface area contributed by atoms with E-state index >= 15 is 0 Å². The van der Waals surface area contributed by atoms with Gasteiger partial charge in [-0.05, 0) is 18.6 Å². The Hall–Kier alpha value is -0.840. The van der Waals surface area contributed by atoms with Crippen molar-refractivity contribution < 1.29 is 0 Å². The van der Waals surface area contributed by atoms with E-state index in [9.17, 15) is 0 Å². The number of halogens is 1. The van der Waals surface area contributed by atoms with Crippen LogP contribution in [0, 0.1) is 0 Å². The summed E-state index contributed by atoms with van der Waals surface area (Å²) in [6.07, 6.45) is 4.94. The highest BCUT2D eigenvalue weighted by Gasteiger charge is 2.02. The summed E-state index contributed by atoms with van der Waals surface area (Å²) in [5.41, 5.74) is 1.23. The molecule has 0 spiro atoms. The highest BCUT2D eigenvalue weighted by atomic mass is 35.5. The number of rotatable bonds is 6. The number of nitrogens with one attached hydrogen (secondary N) is 1. The van der Waals surface area contributed by atoms with Gasteiger partial charge in [-0.15, -0.1) is 11.3 Å². The zero-order valence-electron chi connectivity index (χ0n) is 9.82. The molecule has 0 fully saturated rings. The Balaban J connectivity index is 1.83. The molecular formula is C12H16ClN3S. The molecule has 0 unspecified atom stereocenters. The van der Waals surface area contributed by atoms with Crippen LogP contribution in [0.5, 0.6) is 0 Å². The lowest BCUT2D eigenvalue weighted by molar-refractivity contribution is 0.603. The molecule has 2 heterocycles. The van der Waals surface area contributed by atoms with Crippen LogP contribution in [-0.4, -0.2) is 9.55 Å². The summed E-state index contributed by atoms with van der Waals surface area (Å²) in [6, 6.07) is 3.99. The molecule has 0 atom stereocenters. The number of imidazole rings is 1. The maximum absolute atomic E-state index is 5.88. The van der Waals surface area contributed by atoms with Gasteiger partial charge in [0.1, 0.15) is 0 Å². The van der Waals surface area contributed by atoms with Crippen molar-refractivity contribution in [2.24, 2.45) is 0 Å². The van der Waals surface area contributed by atoms with Gasteiger partial charge in [-0.3, -0.25) is 0 Å². The Bertz CT molecular complexity index is 464. The first-order valence-electron chi connectivity index (χ1n) is 5.73. The lowest BCUT2D eigenvalue weighted by Gasteiger charge is -2.07. The molecule has 17 heavy (non-hydrogen) atoms.